The van der Waals surface area contributed by atoms with Crippen LogP contribution < -0.4 is 14.8 Å². The van der Waals surface area contributed by atoms with Crippen LogP contribution >= 0.6 is 0 Å². The van der Waals surface area contributed by atoms with Crippen molar-refractivity contribution >= 4 is 5.91 Å². The minimum absolute atomic E-state index is 0.0751. The maximum Gasteiger partial charge on any atom is 0.251 e. The first-order chi connectivity index (χ1) is 12.0. The zero-order valence-electron chi connectivity index (χ0n) is 15.5. The van der Waals surface area contributed by atoms with Crippen molar-refractivity contribution in [2.45, 2.75) is 34.3 Å². The number of carbonyl (C=O) groups is 1. The molecule has 2 rings (SSSR count). The van der Waals surface area contributed by atoms with Crippen LogP contribution in [0.5, 0.6) is 11.5 Å². The fraction of sp³-hybridized carbons (Fsp3) is 0.381. The van der Waals surface area contributed by atoms with E-state index in [1.54, 1.807) is 6.07 Å². The Morgan fingerprint density at radius 1 is 1.08 bits per heavy atom. The fourth-order valence-corrected chi connectivity index (χ4v) is 2.40. The summed E-state index contributed by atoms with van der Waals surface area (Å²) in [5.41, 5.74) is 2.56. The molecular formula is C21H27NO3. The van der Waals surface area contributed by atoms with Gasteiger partial charge in [-0.3, -0.25) is 4.79 Å². The maximum absolute atomic E-state index is 12.3. The Hall–Kier alpha value is -2.49. The van der Waals surface area contributed by atoms with Crippen LogP contribution in [0.2, 0.25) is 0 Å². The van der Waals surface area contributed by atoms with Gasteiger partial charge in [-0.1, -0.05) is 32.0 Å². The summed E-state index contributed by atoms with van der Waals surface area (Å²) in [4.78, 5) is 12.3. The molecule has 0 aliphatic heterocycles. The first kappa shape index (κ1) is 18.8. The quantitative estimate of drug-likeness (QED) is 0.776. The molecule has 0 aliphatic carbocycles. The molecule has 0 unspecified atom stereocenters. The molecule has 0 fully saturated rings. The third-order valence-corrected chi connectivity index (χ3v) is 3.77. The molecule has 0 bridgehead atoms. The normalized spacial score (nSPS) is 10.6. The van der Waals surface area contributed by atoms with Crippen molar-refractivity contribution in [3.05, 3.63) is 59.2 Å². The van der Waals surface area contributed by atoms with Crippen molar-refractivity contribution < 1.29 is 14.3 Å². The van der Waals surface area contributed by atoms with Crippen molar-refractivity contribution in [3.8, 4) is 11.5 Å². The second-order valence-electron chi connectivity index (χ2n) is 6.41. The van der Waals surface area contributed by atoms with Gasteiger partial charge in [0.2, 0.25) is 0 Å². The molecule has 0 spiro atoms. The lowest BCUT2D eigenvalue weighted by Gasteiger charge is -2.14. The van der Waals surface area contributed by atoms with Crippen LogP contribution in [0.25, 0.3) is 0 Å². The molecule has 0 atom stereocenters. The number of amides is 1. The van der Waals surface area contributed by atoms with E-state index in [-0.39, 0.29) is 5.91 Å². The van der Waals surface area contributed by atoms with Gasteiger partial charge in [0.15, 0.2) is 0 Å². The number of carbonyl (C=O) groups excluding carboxylic acids is 1. The monoisotopic (exact) mass is 341 g/mol. The van der Waals surface area contributed by atoms with Gasteiger partial charge < -0.3 is 14.8 Å². The number of benzene rings is 2. The van der Waals surface area contributed by atoms with E-state index in [1.807, 2.05) is 50.2 Å². The Morgan fingerprint density at radius 3 is 2.52 bits per heavy atom. The van der Waals surface area contributed by atoms with Crippen LogP contribution in [0.3, 0.4) is 0 Å². The Labute approximate surface area is 150 Å². The number of hydrogen-bond acceptors (Lipinski definition) is 3. The molecule has 0 saturated carbocycles. The number of aryl methyl sites for hydroxylation is 1. The topological polar surface area (TPSA) is 47.6 Å². The van der Waals surface area contributed by atoms with E-state index in [9.17, 15) is 4.79 Å². The molecule has 25 heavy (non-hydrogen) atoms. The molecule has 0 aliphatic rings. The van der Waals surface area contributed by atoms with E-state index < -0.39 is 0 Å². The molecule has 4 nitrogen and oxygen atoms in total. The van der Waals surface area contributed by atoms with Crippen LogP contribution in [-0.2, 0) is 6.61 Å². The second-order valence-corrected chi connectivity index (χ2v) is 6.41. The van der Waals surface area contributed by atoms with E-state index in [2.05, 4.69) is 19.2 Å². The smallest absolute Gasteiger partial charge is 0.251 e. The molecule has 0 heterocycles. The van der Waals surface area contributed by atoms with Crippen LogP contribution in [0.1, 0.15) is 42.3 Å². The van der Waals surface area contributed by atoms with E-state index >= 15 is 0 Å². The summed E-state index contributed by atoms with van der Waals surface area (Å²) in [6, 6.07) is 13.3. The van der Waals surface area contributed by atoms with Gasteiger partial charge in [0.05, 0.1) is 6.61 Å². The largest absolute Gasteiger partial charge is 0.493 e. The maximum atomic E-state index is 12.3. The lowest BCUT2D eigenvalue weighted by atomic mass is 10.1. The van der Waals surface area contributed by atoms with E-state index in [4.69, 9.17) is 9.47 Å². The molecule has 0 radical (unpaired) electrons. The summed E-state index contributed by atoms with van der Waals surface area (Å²) < 4.78 is 11.6. The predicted molar refractivity (Wildman–Crippen MR) is 100 cm³/mol. The Morgan fingerprint density at radius 2 is 1.84 bits per heavy atom. The van der Waals surface area contributed by atoms with E-state index in [0.29, 0.717) is 31.2 Å². The number of ether oxygens (including phenoxy) is 2. The van der Waals surface area contributed by atoms with Gasteiger partial charge in [0.1, 0.15) is 18.1 Å². The van der Waals surface area contributed by atoms with Crippen LogP contribution in [0, 0.1) is 12.8 Å². The number of para-hydroxylation sites is 1. The Kier molecular flexibility index (Phi) is 6.87. The van der Waals surface area contributed by atoms with E-state index in [0.717, 1.165) is 22.6 Å². The molecule has 0 saturated heterocycles. The van der Waals surface area contributed by atoms with Crippen molar-refractivity contribution in [1.29, 1.82) is 0 Å². The van der Waals surface area contributed by atoms with Crippen molar-refractivity contribution in [2.24, 2.45) is 5.92 Å². The van der Waals surface area contributed by atoms with Gasteiger partial charge >= 0.3 is 0 Å². The van der Waals surface area contributed by atoms with Gasteiger partial charge in [-0.15, -0.1) is 0 Å². The SMILES string of the molecule is CCOc1ccc(C(=O)NCC(C)C)cc1COc1ccccc1C. The zero-order chi connectivity index (χ0) is 18.2. The van der Waals surface area contributed by atoms with Crippen LogP contribution in [0.15, 0.2) is 42.5 Å². The highest BCUT2D eigenvalue weighted by atomic mass is 16.5. The van der Waals surface area contributed by atoms with Crippen molar-refractivity contribution in [2.75, 3.05) is 13.2 Å². The van der Waals surface area contributed by atoms with E-state index in [1.165, 1.54) is 0 Å². The lowest BCUT2D eigenvalue weighted by Crippen LogP contribution is -2.27. The number of nitrogens with one attached hydrogen (secondary N) is 1. The van der Waals surface area contributed by atoms with Gasteiger partial charge in [-0.25, -0.2) is 0 Å². The molecule has 4 heteroatoms. The summed E-state index contributed by atoms with van der Waals surface area (Å²) >= 11 is 0. The third kappa shape index (κ3) is 5.52. The first-order valence-electron chi connectivity index (χ1n) is 8.73. The Balaban J connectivity index is 2.17. The Bertz CT molecular complexity index is 710. The standard InChI is InChI=1S/C21H27NO3/c1-5-24-20-11-10-17(21(23)22-13-15(2)3)12-18(20)14-25-19-9-7-6-8-16(19)4/h6-12,15H,5,13-14H2,1-4H3,(H,22,23). The predicted octanol–water partition coefficient (Wildman–Crippen LogP) is 4.36. The molecule has 1 N–H and O–H groups in total. The van der Waals surface area contributed by atoms with Gasteiger partial charge in [-0.05, 0) is 49.6 Å². The molecule has 2 aromatic rings. The summed E-state index contributed by atoms with van der Waals surface area (Å²) in [7, 11) is 0. The average Bonchev–Trinajstić information content (AvgIpc) is 2.60. The van der Waals surface area contributed by atoms with Gasteiger partial charge in [-0.2, -0.15) is 0 Å². The highest BCUT2D eigenvalue weighted by Crippen LogP contribution is 2.24. The third-order valence-electron chi connectivity index (χ3n) is 3.77. The highest BCUT2D eigenvalue weighted by molar-refractivity contribution is 5.94. The zero-order valence-corrected chi connectivity index (χ0v) is 15.5. The van der Waals surface area contributed by atoms with Crippen LogP contribution in [-0.4, -0.2) is 19.1 Å². The summed E-state index contributed by atoms with van der Waals surface area (Å²) in [6.45, 7) is 9.66. The minimum atomic E-state index is -0.0751. The van der Waals surface area contributed by atoms with Gasteiger partial charge in [0, 0.05) is 17.7 Å². The van der Waals surface area contributed by atoms with Crippen molar-refractivity contribution in [3.63, 3.8) is 0 Å². The molecule has 0 aromatic heterocycles. The number of hydrogen-bond donors (Lipinski definition) is 1. The fourth-order valence-electron chi connectivity index (χ4n) is 2.40. The van der Waals surface area contributed by atoms with Crippen molar-refractivity contribution in [1.82, 2.24) is 5.32 Å². The molecular weight excluding hydrogens is 314 g/mol. The molecule has 134 valence electrons. The molecule has 2 aromatic carbocycles. The summed E-state index contributed by atoms with van der Waals surface area (Å²) in [5, 5.41) is 2.94. The molecule has 1 amide bonds. The second kappa shape index (κ2) is 9.11. The van der Waals surface area contributed by atoms with Gasteiger partial charge in [0.25, 0.3) is 5.91 Å². The minimum Gasteiger partial charge on any atom is -0.493 e. The summed E-state index contributed by atoms with van der Waals surface area (Å²) in [5.74, 6) is 1.92. The first-order valence-corrected chi connectivity index (χ1v) is 8.73. The van der Waals surface area contributed by atoms with Crippen LogP contribution in [0.4, 0.5) is 0 Å². The average molecular weight is 341 g/mol. The number of rotatable bonds is 8. The summed E-state index contributed by atoms with van der Waals surface area (Å²) in [6.07, 6.45) is 0. The lowest BCUT2D eigenvalue weighted by molar-refractivity contribution is 0.0949. The highest BCUT2D eigenvalue weighted by Gasteiger charge is 2.12.